The molecule has 0 aromatic carbocycles. The van der Waals surface area contributed by atoms with Crippen molar-refractivity contribution in [2.24, 2.45) is 11.3 Å². The molecule has 2 saturated carbocycles. The molecule has 2 rings (SSSR count). The molecule has 1 atom stereocenters. The van der Waals surface area contributed by atoms with Crippen LogP contribution in [0.3, 0.4) is 0 Å². The Morgan fingerprint density at radius 2 is 2.33 bits per heavy atom. The Balaban J connectivity index is 1.96. The van der Waals surface area contributed by atoms with Gasteiger partial charge in [-0.25, -0.2) is 0 Å². The molecule has 2 fully saturated rings. The van der Waals surface area contributed by atoms with Crippen molar-refractivity contribution in [2.45, 2.75) is 19.3 Å². The van der Waals surface area contributed by atoms with Crippen molar-refractivity contribution in [1.82, 2.24) is 0 Å². The van der Waals surface area contributed by atoms with Gasteiger partial charge in [0, 0.05) is 5.92 Å². The molecule has 1 nitrogen and oxygen atoms in total. The minimum Gasteiger partial charge on any atom is -0.298 e. The number of carbonyl (C=O) groups excluding carboxylic acids is 1. The van der Waals surface area contributed by atoms with E-state index >= 15 is 0 Å². The molecule has 2 heteroatoms. The van der Waals surface area contributed by atoms with Gasteiger partial charge in [0.1, 0.15) is 5.78 Å². The summed E-state index contributed by atoms with van der Waals surface area (Å²) in [5.41, 5.74) is 0.560. The minimum absolute atomic E-state index is 0.424. The lowest BCUT2D eigenvalue weighted by atomic mass is 10.2. The second-order valence-electron chi connectivity index (χ2n) is 3.22. The highest BCUT2D eigenvalue weighted by Gasteiger charge is 2.64. The minimum atomic E-state index is 0.424. The van der Waals surface area contributed by atoms with Gasteiger partial charge in [0.2, 0.25) is 0 Å². The summed E-state index contributed by atoms with van der Waals surface area (Å²) in [7, 11) is 0. The van der Waals surface area contributed by atoms with E-state index in [4.69, 9.17) is 0 Å². The predicted molar refractivity (Wildman–Crippen MR) is 38.6 cm³/mol. The molecule has 0 N–H and O–H groups in total. The average Bonchev–Trinajstić information content (AvgIpc) is 2.74. The van der Waals surface area contributed by atoms with Gasteiger partial charge in [0.25, 0.3) is 0 Å². The van der Waals surface area contributed by atoms with Gasteiger partial charge in [-0.2, -0.15) is 0 Å². The Bertz CT molecular complexity index is 160. The van der Waals surface area contributed by atoms with Gasteiger partial charge in [0.15, 0.2) is 0 Å². The van der Waals surface area contributed by atoms with Crippen LogP contribution in [0.15, 0.2) is 0 Å². The molecule has 9 heavy (non-hydrogen) atoms. The summed E-state index contributed by atoms with van der Waals surface area (Å²) in [5, 5.41) is 0.569. The van der Waals surface area contributed by atoms with E-state index in [1.165, 1.54) is 19.3 Å². The van der Waals surface area contributed by atoms with Crippen LogP contribution in [-0.4, -0.2) is 11.1 Å². The van der Waals surface area contributed by atoms with Crippen LogP contribution in [0.1, 0.15) is 19.3 Å². The van der Waals surface area contributed by atoms with E-state index in [0.717, 1.165) is 0 Å². The van der Waals surface area contributed by atoms with Crippen LogP contribution in [0.4, 0.5) is 0 Å². The third kappa shape index (κ3) is 0.759. The molecule has 0 aromatic rings. The van der Waals surface area contributed by atoms with Gasteiger partial charge in [-0.15, -0.1) is 0 Å². The quantitative estimate of drug-likeness (QED) is 0.604. The van der Waals surface area contributed by atoms with E-state index in [1.54, 1.807) is 0 Å². The Kier molecular flexibility index (Phi) is 1.05. The first kappa shape index (κ1) is 5.90. The summed E-state index contributed by atoms with van der Waals surface area (Å²) in [5.74, 6) is 0.879. The first-order valence-electron chi connectivity index (χ1n) is 3.37. The van der Waals surface area contributed by atoms with Crippen LogP contribution >= 0.6 is 15.9 Å². The standard InChI is InChI=1S/C7H9BrO/c8-4-6(9)5-3-7(5)1-2-7/h5H,1-4H2. The fourth-order valence-corrected chi connectivity index (χ4v) is 2.00. The van der Waals surface area contributed by atoms with Crippen molar-refractivity contribution in [3.05, 3.63) is 0 Å². The largest absolute Gasteiger partial charge is 0.298 e. The van der Waals surface area contributed by atoms with Gasteiger partial charge in [-0.3, -0.25) is 4.79 Å². The number of rotatable bonds is 2. The van der Waals surface area contributed by atoms with Crippen molar-refractivity contribution in [3.8, 4) is 0 Å². The van der Waals surface area contributed by atoms with Crippen molar-refractivity contribution >= 4 is 21.7 Å². The Labute approximate surface area is 62.9 Å². The fourth-order valence-electron chi connectivity index (χ4n) is 1.61. The molecule has 0 saturated heterocycles. The molecule has 1 spiro atoms. The van der Waals surface area contributed by atoms with Crippen molar-refractivity contribution < 1.29 is 4.79 Å². The first-order valence-corrected chi connectivity index (χ1v) is 4.49. The van der Waals surface area contributed by atoms with E-state index < -0.39 is 0 Å². The maximum Gasteiger partial charge on any atom is 0.147 e. The van der Waals surface area contributed by atoms with Gasteiger partial charge in [-0.1, -0.05) is 15.9 Å². The zero-order valence-corrected chi connectivity index (χ0v) is 6.78. The molecule has 0 aliphatic heterocycles. The number of hydrogen-bond acceptors (Lipinski definition) is 1. The van der Waals surface area contributed by atoms with Gasteiger partial charge < -0.3 is 0 Å². The monoisotopic (exact) mass is 188 g/mol. The molecule has 0 bridgehead atoms. The smallest absolute Gasteiger partial charge is 0.147 e. The second kappa shape index (κ2) is 1.60. The highest BCUT2D eigenvalue weighted by atomic mass is 79.9. The number of ketones is 1. The zero-order chi connectivity index (χ0) is 6.48. The lowest BCUT2D eigenvalue weighted by molar-refractivity contribution is -0.118. The van der Waals surface area contributed by atoms with E-state index in [-0.39, 0.29) is 0 Å². The highest BCUT2D eigenvalue weighted by Crippen LogP contribution is 2.70. The third-order valence-corrected chi connectivity index (χ3v) is 3.15. The summed E-state index contributed by atoms with van der Waals surface area (Å²) in [6.45, 7) is 0. The lowest BCUT2D eigenvalue weighted by Gasteiger charge is -1.88. The molecule has 50 valence electrons. The van der Waals surface area contributed by atoms with Crippen LogP contribution in [-0.2, 0) is 4.79 Å². The molecule has 2 aliphatic carbocycles. The van der Waals surface area contributed by atoms with Crippen LogP contribution in [0, 0.1) is 11.3 Å². The maximum atomic E-state index is 11.0. The van der Waals surface area contributed by atoms with Crippen molar-refractivity contribution in [3.63, 3.8) is 0 Å². The van der Waals surface area contributed by atoms with Crippen LogP contribution < -0.4 is 0 Å². The van der Waals surface area contributed by atoms with E-state index in [0.29, 0.717) is 22.4 Å². The van der Waals surface area contributed by atoms with Gasteiger partial charge in [0.05, 0.1) is 5.33 Å². The van der Waals surface area contributed by atoms with E-state index in [2.05, 4.69) is 15.9 Å². The summed E-state index contributed by atoms with van der Waals surface area (Å²) in [4.78, 5) is 11.0. The van der Waals surface area contributed by atoms with Gasteiger partial charge in [-0.05, 0) is 24.7 Å². The summed E-state index contributed by atoms with van der Waals surface area (Å²) in [6, 6.07) is 0. The maximum absolute atomic E-state index is 11.0. The molecule has 0 amide bonds. The molecular weight excluding hydrogens is 180 g/mol. The lowest BCUT2D eigenvalue weighted by Crippen LogP contribution is -2.02. The number of halogens is 1. The molecule has 2 aliphatic rings. The summed E-state index contributed by atoms with van der Waals surface area (Å²) in [6.07, 6.45) is 3.82. The molecule has 0 heterocycles. The average molecular weight is 189 g/mol. The predicted octanol–water partition coefficient (Wildman–Crippen LogP) is 1.75. The Morgan fingerprint density at radius 1 is 1.67 bits per heavy atom. The summed E-state index contributed by atoms with van der Waals surface area (Å²) >= 11 is 3.19. The Morgan fingerprint density at radius 3 is 2.67 bits per heavy atom. The molecule has 0 radical (unpaired) electrons. The third-order valence-electron chi connectivity index (χ3n) is 2.60. The number of alkyl halides is 1. The molecule has 0 aromatic heterocycles. The zero-order valence-electron chi connectivity index (χ0n) is 5.19. The SMILES string of the molecule is O=C(CBr)C1CC12CC2. The Hall–Kier alpha value is 0.150. The van der Waals surface area contributed by atoms with E-state index in [9.17, 15) is 4.79 Å². The highest BCUT2D eigenvalue weighted by molar-refractivity contribution is 9.09. The van der Waals surface area contributed by atoms with Crippen LogP contribution in [0.2, 0.25) is 0 Å². The number of hydrogen-bond donors (Lipinski definition) is 0. The van der Waals surface area contributed by atoms with Crippen molar-refractivity contribution in [1.29, 1.82) is 0 Å². The van der Waals surface area contributed by atoms with Crippen molar-refractivity contribution in [2.75, 3.05) is 5.33 Å². The molecular formula is C7H9BrO. The fraction of sp³-hybridized carbons (Fsp3) is 0.857. The van der Waals surface area contributed by atoms with Crippen LogP contribution in [0.25, 0.3) is 0 Å². The second-order valence-corrected chi connectivity index (χ2v) is 3.78. The number of Topliss-reactive ketones (excluding diaryl/α,β-unsaturated/α-hetero) is 1. The van der Waals surface area contributed by atoms with Gasteiger partial charge >= 0.3 is 0 Å². The normalized spacial score (nSPS) is 34.6. The van der Waals surface area contributed by atoms with E-state index in [1.807, 2.05) is 0 Å². The first-order chi connectivity index (χ1) is 4.28. The topological polar surface area (TPSA) is 17.1 Å². The number of carbonyl (C=O) groups is 1. The van der Waals surface area contributed by atoms with Crippen LogP contribution in [0.5, 0.6) is 0 Å². The molecule has 1 unspecified atom stereocenters. The summed E-state index contributed by atoms with van der Waals surface area (Å²) < 4.78 is 0.